The largest absolute Gasteiger partial charge is 0.390 e. The molecule has 0 saturated carbocycles. The Kier molecular flexibility index (Phi) is 6.13. The Morgan fingerprint density at radius 1 is 1.53 bits per heavy atom. The summed E-state index contributed by atoms with van der Waals surface area (Å²) in [5.41, 5.74) is 1.24. The molecule has 0 aliphatic rings. The van der Waals surface area contributed by atoms with Crippen LogP contribution in [0.2, 0.25) is 0 Å². The summed E-state index contributed by atoms with van der Waals surface area (Å²) in [6.45, 7) is 5.49. The predicted octanol–water partition coefficient (Wildman–Crippen LogP) is 1.08. The van der Waals surface area contributed by atoms with Crippen LogP contribution in [0.5, 0.6) is 0 Å². The predicted molar refractivity (Wildman–Crippen MR) is 63.7 cm³/mol. The molecule has 0 radical (unpaired) electrons. The number of hydrogen-bond acceptors (Lipinski definition) is 3. The lowest BCUT2D eigenvalue weighted by molar-refractivity contribution is 0.324. The van der Waals surface area contributed by atoms with Crippen LogP contribution in [-0.4, -0.2) is 36.5 Å². The van der Waals surface area contributed by atoms with Gasteiger partial charge in [-0.05, 0) is 13.0 Å². The van der Waals surface area contributed by atoms with Crippen LogP contribution >= 0.6 is 0 Å². The third-order valence-electron chi connectivity index (χ3n) is 1.65. The molecule has 0 unspecified atom stereocenters. The van der Waals surface area contributed by atoms with Gasteiger partial charge in [0.25, 0.3) is 0 Å². The molecule has 0 rings (SSSR count). The van der Waals surface area contributed by atoms with Crippen molar-refractivity contribution in [2.75, 3.05) is 20.7 Å². The molecule has 0 amide bonds. The summed E-state index contributed by atoms with van der Waals surface area (Å²) >= 11 is 0. The Morgan fingerprint density at radius 2 is 2.13 bits per heavy atom. The summed E-state index contributed by atoms with van der Waals surface area (Å²) in [6.07, 6.45) is 5.21. The molecule has 0 aromatic rings. The van der Waals surface area contributed by atoms with Gasteiger partial charge in [-0.2, -0.15) is 0 Å². The van der Waals surface area contributed by atoms with Gasteiger partial charge >= 0.3 is 0 Å². The third-order valence-corrected chi connectivity index (χ3v) is 1.65. The number of likely N-dealkylation sites (N-methyl/N-ethyl adjacent to an activating group) is 1. The summed E-state index contributed by atoms with van der Waals surface area (Å²) in [6, 6.07) is 0. The second kappa shape index (κ2) is 6.84. The highest BCUT2D eigenvalue weighted by Gasteiger charge is 1.99. The molecule has 4 nitrogen and oxygen atoms in total. The van der Waals surface area contributed by atoms with Crippen LogP contribution in [-0.2, 0) is 0 Å². The SMILES string of the molecule is C=C(/C=C/C)NC(=CC(=N)N(C)C)CO. The molecule has 0 bridgehead atoms. The van der Waals surface area contributed by atoms with Gasteiger partial charge < -0.3 is 15.3 Å². The Labute approximate surface area is 91.1 Å². The van der Waals surface area contributed by atoms with Crippen molar-refractivity contribution in [1.82, 2.24) is 10.2 Å². The maximum Gasteiger partial charge on any atom is 0.121 e. The first-order chi connectivity index (χ1) is 7.01. The molecular formula is C11H19N3O. The van der Waals surface area contributed by atoms with Crippen LogP contribution in [0.15, 0.2) is 36.2 Å². The highest BCUT2D eigenvalue weighted by atomic mass is 16.3. The second-order valence-electron chi connectivity index (χ2n) is 3.26. The second-order valence-corrected chi connectivity index (χ2v) is 3.26. The van der Waals surface area contributed by atoms with Gasteiger partial charge in [-0.25, -0.2) is 0 Å². The zero-order valence-electron chi connectivity index (χ0n) is 9.54. The van der Waals surface area contributed by atoms with Gasteiger partial charge in [-0.1, -0.05) is 12.7 Å². The fourth-order valence-electron chi connectivity index (χ4n) is 0.864. The maximum absolute atomic E-state index is 9.06. The molecule has 0 saturated heterocycles. The number of rotatable bonds is 5. The van der Waals surface area contributed by atoms with E-state index in [1.165, 1.54) is 0 Å². The average molecular weight is 209 g/mol. The molecule has 0 fully saturated rings. The summed E-state index contributed by atoms with van der Waals surface area (Å²) in [5, 5.41) is 19.6. The minimum absolute atomic E-state index is 0.146. The van der Waals surface area contributed by atoms with Gasteiger partial charge in [0.1, 0.15) is 5.84 Å². The van der Waals surface area contributed by atoms with E-state index >= 15 is 0 Å². The van der Waals surface area contributed by atoms with E-state index in [1.807, 2.05) is 13.0 Å². The topological polar surface area (TPSA) is 59.4 Å². The van der Waals surface area contributed by atoms with Gasteiger partial charge in [0.05, 0.1) is 6.61 Å². The van der Waals surface area contributed by atoms with E-state index in [0.29, 0.717) is 17.2 Å². The highest BCUT2D eigenvalue weighted by molar-refractivity contribution is 5.90. The van der Waals surface area contributed by atoms with Crippen LogP contribution in [0.4, 0.5) is 0 Å². The van der Waals surface area contributed by atoms with Crippen LogP contribution in [0.1, 0.15) is 6.92 Å². The lowest BCUT2D eigenvalue weighted by atomic mass is 10.3. The number of nitrogens with one attached hydrogen (secondary N) is 2. The van der Waals surface area contributed by atoms with Crippen molar-refractivity contribution in [3.63, 3.8) is 0 Å². The molecule has 3 N–H and O–H groups in total. The molecule has 0 atom stereocenters. The quantitative estimate of drug-likeness (QED) is 0.361. The van der Waals surface area contributed by atoms with Gasteiger partial charge in [-0.15, -0.1) is 0 Å². The molecule has 0 aliphatic heterocycles. The van der Waals surface area contributed by atoms with Crippen LogP contribution < -0.4 is 5.32 Å². The van der Waals surface area contributed by atoms with E-state index < -0.39 is 0 Å². The fraction of sp³-hybridized carbons (Fsp3) is 0.364. The van der Waals surface area contributed by atoms with Crippen molar-refractivity contribution in [2.24, 2.45) is 0 Å². The lowest BCUT2D eigenvalue weighted by Crippen LogP contribution is -2.22. The van der Waals surface area contributed by atoms with E-state index in [4.69, 9.17) is 10.5 Å². The standard InChI is InChI=1S/C11H19N3O/c1-5-6-9(2)13-10(8-15)7-11(12)14(3)4/h5-7,12-13,15H,2,8H2,1,3-4H3/b6-5+,10-7?,12-11?. The zero-order valence-corrected chi connectivity index (χ0v) is 9.54. The van der Waals surface area contributed by atoms with Crippen LogP contribution in [0.25, 0.3) is 0 Å². The smallest absolute Gasteiger partial charge is 0.121 e. The van der Waals surface area contributed by atoms with E-state index in [-0.39, 0.29) is 6.61 Å². The maximum atomic E-state index is 9.06. The summed E-state index contributed by atoms with van der Waals surface area (Å²) in [7, 11) is 3.54. The number of hydrogen-bond donors (Lipinski definition) is 3. The molecule has 0 aromatic carbocycles. The Morgan fingerprint density at radius 3 is 2.53 bits per heavy atom. The third kappa shape index (κ3) is 5.70. The molecule has 15 heavy (non-hydrogen) atoms. The fourth-order valence-corrected chi connectivity index (χ4v) is 0.864. The summed E-state index contributed by atoms with van der Waals surface area (Å²) < 4.78 is 0. The molecule has 4 heteroatoms. The number of aliphatic hydroxyl groups excluding tert-OH is 1. The Hall–Kier alpha value is -1.55. The van der Waals surface area contributed by atoms with Gasteiger partial charge in [0.2, 0.25) is 0 Å². The minimum atomic E-state index is -0.146. The lowest BCUT2D eigenvalue weighted by Gasteiger charge is -2.13. The number of amidine groups is 1. The minimum Gasteiger partial charge on any atom is -0.390 e. The monoisotopic (exact) mass is 209 g/mol. The van der Waals surface area contributed by atoms with E-state index in [0.717, 1.165) is 0 Å². The molecular weight excluding hydrogens is 190 g/mol. The van der Waals surface area contributed by atoms with Crippen molar-refractivity contribution in [3.8, 4) is 0 Å². The van der Waals surface area contributed by atoms with Crippen molar-refractivity contribution in [1.29, 1.82) is 5.41 Å². The summed E-state index contributed by atoms with van der Waals surface area (Å²) in [5.74, 6) is 0.319. The number of nitrogens with zero attached hydrogens (tertiary/aromatic N) is 1. The Bertz CT molecular complexity index is 290. The van der Waals surface area contributed by atoms with Crippen molar-refractivity contribution in [2.45, 2.75) is 6.92 Å². The summed E-state index contributed by atoms with van der Waals surface area (Å²) in [4.78, 5) is 1.65. The van der Waals surface area contributed by atoms with Crippen molar-refractivity contribution >= 4 is 5.84 Å². The first-order valence-corrected chi connectivity index (χ1v) is 4.67. The van der Waals surface area contributed by atoms with E-state index in [9.17, 15) is 0 Å². The van der Waals surface area contributed by atoms with Crippen molar-refractivity contribution in [3.05, 3.63) is 36.2 Å². The first-order valence-electron chi connectivity index (χ1n) is 4.67. The zero-order chi connectivity index (χ0) is 11.8. The number of allylic oxidation sites excluding steroid dienone is 2. The molecule has 0 heterocycles. The molecule has 0 aromatic heterocycles. The molecule has 0 spiro atoms. The highest BCUT2D eigenvalue weighted by Crippen LogP contribution is 1.96. The van der Waals surface area contributed by atoms with Crippen LogP contribution in [0.3, 0.4) is 0 Å². The molecule has 84 valence electrons. The van der Waals surface area contributed by atoms with Gasteiger partial charge in [-0.3, -0.25) is 5.41 Å². The van der Waals surface area contributed by atoms with E-state index in [2.05, 4.69) is 11.9 Å². The van der Waals surface area contributed by atoms with Crippen molar-refractivity contribution < 1.29 is 5.11 Å². The molecule has 0 aliphatic carbocycles. The first kappa shape index (κ1) is 13.4. The van der Waals surface area contributed by atoms with Crippen LogP contribution in [0, 0.1) is 5.41 Å². The van der Waals surface area contributed by atoms with Gasteiger partial charge in [0.15, 0.2) is 0 Å². The Balaban J connectivity index is 4.49. The van der Waals surface area contributed by atoms with Gasteiger partial charge in [0, 0.05) is 31.6 Å². The number of aliphatic hydroxyl groups is 1. The average Bonchev–Trinajstić information content (AvgIpc) is 2.16. The van der Waals surface area contributed by atoms with E-state index in [1.54, 1.807) is 31.1 Å². The normalized spacial score (nSPS) is 11.6.